The Balaban J connectivity index is 1.58. The number of hydrogen-bond donors (Lipinski definition) is 0. The first-order valence-corrected chi connectivity index (χ1v) is 10.1. The second-order valence-corrected chi connectivity index (χ2v) is 8.10. The molecule has 1 aromatic heterocycles. The number of ether oxygens (including phenoxy) is 3. The summed E-state index contributed by atoms with van der Waals surface area (Å²) in [7, 11) is 3.25. The molecular formula is C21H19F2N3O4S. The van der Waals surface area contributed by atoms with Gasteiger partial charge in [0.15, 0.2) is 16.3 Å². The molecule has 0 saturated heterocycles. The Morgan fingerprint density at radius 1 is 1.19 bits per heavy atom. The predicted octanol–water partition coefficient (Wildman–Crippen LogP) is 4.33. The molecule has 10 heteroatoms. The molecule has 1 aliphatic heterocycles. The number of amides is 2. The number of methoxy groups -OCH3 is 1. The molecule has 162 valence electrons. The summed E-state index contributed by atoms with van der Waals surface area (Å²) in [6, 6.07) is 11.4. The van der Waals surface area contributed by atoms with Crippen LogP contribution in [0.4, 0.5) is 13.6 Å². The topological polar surface area (TPSA) is 65.3 Å². The fraction of sp³-hybridized carbons (Fsp3) is 0.238. The lowest BCUT2D eigenvalue weighted by molar-refractivity contribution is -0.286. The smallest absolute Gasteiger partial charge is 0.497 e. The lowest BCUT2D eigenvalue weighted by Crippen LogP contribution is -2.26. The van der Waals surface area contributed by atoms with Crippen molar-refractivity contribution in [1.29, 1.82) is 0 Å². The van der Waals surface area contributed by atoms with Gasteiger partial charge in [-0.05, 0) is 36.8 Å². The maximum Gasteiger partial charge on any atom is 0.586 e. The van der Waals surface area contributed by atoms with E-state index in [1.165, 1.54) is 28.4 Å². The van der Waals surface area contributed by atoms with Gasteiger partial charge in [0, 0.05) is 30.7 Å². The van der Waals surface area contributed by atoms with Gasteiger partial charge in [-0.2, -0.15) is 4.99 Å². The van der Waals surface area contributed by atoms with Crippen LogP contribution in [0.15, 0.2) is 53.7 Å². The number of hydrogen-bond acceptors (Lipinski definition) is 5. The molecule has 0 spiro atoms. The Hall–Kier alpha value is -3.40. The van der Waals surface area contributed by atoms with Crippen molar-refractivity contribution in [3.05, 3.63) is 63.9 Å². The molecule has 0 unspecified atom stereocenters. The maximum absolute atomic E-state index is 13.3. The Bertz CT molecular complexity index is 1190. The number of alkyl halides is 2. The van der Waals surface area contributed by atoms with E-state index in [-0.39, 0.29) is 11.5 Å². The first-order valence-electron chi connectivity index (χ1n) is 9.26. The van der Waals surface area contributed by atoms with Gasteiger partial charge in [-0.15, -0.1) is 20.1 Å². The molecular weight excluding hydrogens is 428 g/mol. The van der Waals surface area contributed by atoms with E-state index in [1.807, 2.05) is 31.2 Å². The van der Waals surface area contributed by atoms with Crippen LogP contribution in [0.1, 0.15) is 10.4 Å². The highest BCUT2D eigenvalue weighted by atomic mass is 32.1. The maximum atomic E-state index is 13.3. The first-order chi connectivity index (χ1) is 14.7. The molecule has 3 aromatic rings. The average Bonchev–Trinajstić information content (AvgIpc) is 3.24. The molecule has 0 aliphatic carbocycles. The fourth-order valence-corrected chi connectivity index (χ4v) is 3.87. The molecule has 4 rings (SSSR count). The monoisotopic (exact) mass is 447 g/mol. The van der Waals surface area contributed by atoms with Crippen molar-refractivity contribution in [2.75, 3.05) is 14.2 Å². The normalized spacial score (nSPS) is 14.5. The molecule has 0 fully saturated rings. The molecule has 2 heterocycles. The molecule has 1 aliphatic rings. The van der Waals surface area contributed by atoms with E-state index in [0.717, 1.165) is 16.2 Å². The largest absolute Gasteiger partial charge is 0.586 e. The number of thiazole rings is 1. The predicted molar refractivity (Wildman–Crippen MR) is 110 cm³/mol. The Labute approximate surface area is 180 Å². The highest BCUT2D eigenvalue weighted by Crippen LogP contribution is 2.41. The molecule has 0 atom stereocenters. The number of halogens is 2. The van der Waals surface area contributed by atoms with Crippen LogP contribution in [0.3, 0.4) is 0 Å². The van der Waals surface area contributed by atoms with E-state index in [4.69, 9.17) is 4.74 Å². The lowest BCUT2D eigenvalue weighted by Gasteiger charge is -2.14. The summed E-state index contributed by atoms with van der Waals surface area (Å²) in [5.74, 6) is 0.613. The van der Waals surface area contributed by atoms with E-state index < -0.39 is 12.3 Å². The van der Waals surface area contributed by atoms with Gasteiger partial charge in [-0.3, -0.25) is 4.57 Å². The van der Waals surface area contributed by atoms with Crippen molar-refractivity contribution in [3.63, 3.8) is 0 Å². The van der Waals surface area contributed by atoms with Gasteiger partial charge in [0.1, 0.15) is 5.75 Å². The number of benzene rings is 2. The van der Waals surface area contributed by atoms with E-state index in [2.05, 4.69) is 14.5 Å². The zero-order valence-electron chi connectivity index (χ0n) is 17.0. The summed E-state index contributed by atoms with van der Waals surface area (Å²) in [6.45, 7) is 2.24. The second-order valence-electron chi connectivity index (χ2n) is 6.89. The van der Waals surface area contributed by atoms with Gasteiger partial charge in [-0.1, -0.05) is 12.1 Å². The molecule has 0 saturated carbocycles. The summed E-state index contributed by atoms with van der Waals surface area (Å²) in [5.41, 5.74) is 1.45. The number of aromatic nitrogens is 1. The molecule has 2 amide bonds. The first kappa shape index (κ1) is 20.9. The zero-order chi connectivity index (χ0) is 22.2. The second kappa shape index (κ2) is 8.03. The quantitative estimate of drug-likeness (QED) is 0.597. The lowest BCUT2D eigenvalue weighted by atomic mass is 10.2. The third kappa shape index (κ3) is 4.53. The minimum atomic E-state index is -3.69. The third-order valence-corrected chi connectivity index (χ3v) is 5.43. The standard InChI is InChI=1S/C21H19F2N3O4S/c1-13-11-26(15-6-9-17-18(10-15)30-21(22,23)29-17)20(31-13)24-19(27)25(2)12-14-4-7-16(28-3)8-5-14/h4-11H,12H2,1-3H3/b24-20-. The molecule has 0 radical (unpaired) electrons. The average molecular weight is 447 g/mol. The van der Waals surface area contributed by atoms with Gasteiger partial charge in [-0.25, -0.2) is 4.79 Å². The number of carbonyl (C=O) groups excluding carboxylic acids is 1. The Kier molecular flexibility index (Phi) is 5.40. The van der Waals surface area contributed by atoms with Crippen molar-refractivity contribution >= 4 is 17.4 Å². The van der Waals surface area contributed by atoms with Crippen LogP contribution in [-0.2, 0) is 6.54 Å². The van der Waals surface area contributed by atoms with E-state index in [0.29, 0.717) is 17.0 Å². The van der Waals surface area contributed by atoms with Crippen LogP contribution in [-0.4, -0.2) is 36.0 Å². The number of fused-ring (bicyclic) bond motifs is 1. The highest BCUT2D eigenvalue weighted by Gasteiger charge is 2.43. The molecule has 0 bridgehead atoms. The minimum absolute atomic E-state index is 0.0462. The van der Waals surface area contributed by atoms with Crippen LogP contribution in [0.5, 0.6) is 17.2 Å². The van der Waals surface area contributed by atoms with Crippen molar-refractivity contribution in [1.82, 2.24) is 9.47 Å². The molecule has 2 aromatic carbocycles. The van der Waals surface area contributed by atoms with Gasteiger partial charge in [0.2, 0.25) is 0 Å². The number of carbonyl (C=O) groups is 1. The van der Waals surface area contributed by atoms with Crippen molar-refractivity contribution in [3.8, 4) is 22.9 Å². The molecule has 7 nitrogen and oxygen atoms in total. The fourth-order valence-electron chi connectivity index (χ4n) is 3.05. The van der Waals surface area contributed by atoms with Crippen LogP contribution in [0.25, 0.3) is 5.69 Å². The van der Waals surface area contributed by atoms with Gasteiger partial charge in [0.25, 0.3) is 0 Å². The SMILES string of the molecule is COc1ccc(CN(C)C(=O)/N=c2\sc(C)cn2-c2ccc3c(c2)OC(F)(F)O3)cc1. The van der Waals surface area contributed by atoms with Crippen molar-refractivity contribution in [2.45, 2.75) is 19.8 Å². The van der Waals surface area contributed by atoms with Crippen LogP contribution < -0.4 is 19.0 Å². The van der Waals surface area contributed by atoms with Crippen LogP contribution >= 0.6 is 11.3 Å². The van der Waals surface area contributed by atoms with Crippen LogP contribution in [0, 0.1) is 6.92 Å². The van der Waals surface area contributed by atoms with Crippen molar-refractivity contribution < 1.29 is 27.8 Å². The molecule has 0 N–H and O–H groups in total. The van der Waals surface area contributed by atoms with Gasteiger partial charge in [0.05, 0.1) is 12.8 Å². The number of nitrogens with zero attached hydrogens (tertiary/aromatic N) is 3. The van der Waals surface area contributed by atoms with Crippen LogP contribution in [0.2, 0.25) is 0 Å². The summed E-state index contributed by atoms with van der Waals surface area (Å²) in [6.07, 6.45) is -1.92. The summed E-state index contributed by atoms with van der Waals surface area (Å²) >= 11 is 1.31. The Morgan fingerprint density at radius 3 is 2.61 bits per heavy atom. The summed E-state index contributed by atoms with van der Waals surface area (Å²) in [4.78, 5) is 19.7. The van der Waals surface area contributed by atoms with E-state index in [1.54, 1.807) is 31.0 Å². The summed E-state index contributed by atoms with van der Waals surface area (Å²) < 4.78 is 42.4. The number of aryl methyl sites for hydroxylation is 1. The Morgan fingerprint density at radius 2 is 1.90 bits per heavy atom. The summed E-state index contributed by atoms with van der Waals surface area (Å²) in [5, 5.41) is 0. The van der Waals surface area contributed by atoms with Crippen molar-refractivity contribution in [2.24, 2.45) is 4.99 Å². The molecule has 31 heavy (non-hydrogen) atoms. The third-order valence-electron chi connectivity index (χ3n) is 4.53. The van der Waals surface area contributed by atoms with E-state index >= 15 is 0 Å². The number of urea groups is 1. The highest BCUT2D eigenvalue weighted by molar-refractivity contribution is 7.09. The number of rotatable bonds is 4. The van der Waals surface area contributed by atoms with Gasteiger partial charge < -0.3 is 19.1 Å². The zero-order valence-corrected chi connectivity index (χ0v) is 17.8. The van der Waals surface area contributed by atoms with Gasteiger partial charge >= 0.3 is 12.3 Å². The van der Waals surface area contributed by atoms with E-state index in [9.17, 15) is 13.6 Å². The minimum Gasteiger partial charge on any atom is -0.497 e.